The molecule has 6 nitrogen and oxygen atoms in total. The number of para-hydroxylation sites is 1. The van der Waals surface area contributed by atoms with E-state index in [1.54, 1.807) is 25.1 Å². The maximum atomic E-state index is 13.0. The number of aryl methyl sites for hydroxylation is 1. The highest BCUT2D eigenvalue weighted by atomic mass is 35.5. The minimum atomic E-state index is -4.67. The molecule has 180 valence electrons. The summed E-state index contributed by atoms with van der Waals surface area (Å²) in [5, 5.41) is 11.5. The molecule has 3 rings (SSSR count). The third kappa shape index (κ3) is 6.41. The molecule has 0 aliphatic heterocycles. The Balaban J connectivity index is 1.91. The fourth-order valence-corrected chi connectivity index (χ4v) is 3.96. The van der Waals surface area contributed by atoms with Crippen LogP contribution in [0.25, 0.3) is 6.08 Å². The number of carbonyl (C=O) groups excluding carboxylic acids is 1. The van der Waals surface area contributed by atoms with Crippen molar-refractivity contribution in [1.82, 2.24) is 0 Å². The van der Waals surface area contributed by atoms with E-state index in [0.29, 0.717) is 6.07 Å². The summed E-state index contributed by atoms with van der Waals surface area (Å²) < 4.78 is 69.5. The average Bonchev–Trinajstić information content (AvgIpc) is 2.79. The molecule has 0 unspecified atom stereocenters. The van der Waals surface area contributed by atoms with Crippen molar-refractivity contribution >= 4 is 39.4 Å². The smallest absolute Gasteiger partial charge is 0.378 e. The monoisotopic (exact) mass is 520 g/mol. The second-order valence-corrected chi connectivity index (χ2v) is 9.16. The predicted octanol–water partition coefficient (Wildman–Crippen LogP) is 5.98. The van der Waals surface area contributed by atoms with Gasteiger partial charge in [0.25, 0.3) is 5.91 Å². The van der Waals surface area contributed by atoms with Crippen LogP contribution in [0.15, 0.2) is 77.2 Å². The van der Waals surface area contributed by atoms with Crippen molar-refractivity contribution in [3.63, 3.8) is 0 Å². The Labute approximate surface area is 204 Å². The summed E-state index contributed by atoms with van der Waals surface area (Å²) >= 11 is 5.89. The Bertz CT molecular complexity index is 1440. The molecule has 3 aromatic carbocycles. The SMILES string of the molecule is Cc1ccc(S(=O)(=O)Oc2ccccc2/C=C(\C#N)C(=O)Nc2cc(C(F)(F)F)ccc2Cl)cc1. The predicted molar refractivity (Wildman–Crippen MR) is 124 cm³/mol. The highest BCUT2D eigenvalue weighted by Crippen LogP contribution is 2.34. The third-order valence-electron chi connectivity index (χ3n) is 4.63. The standard InChI is InChI=1S/C24H16ClF3N2O4S/c1-15-6-9-19(10-7-15)35(32,33)34-22-5-3-2-4-16(22)12-17(14-29)23(31)30-21-13-18(24(26,27)28)8-11-20(21)25/h2-13H,1H3,(H,30,31)/b17-12+. The van der Waals surface area contributed by atoms with Crippen LogP contribution in [0.3, 0.4) is 0 Å². The van der Waals surface area contributed by atoms with Crippen LogP contribution in [0, 0.1) is 18.3 Å². The molecule has 0 saturated heterocycles. The molecule has 0 fully saturated rings. The van der Waals surface area contributed by atoms with E-state index < -0.39 is 33.3 Å². The van der Waals surface area contributed by atoms with E-state index >= 15 is 0 Å². The zero-order valence-electron chi connectivity index (χ0n) is 17.9. The van der Waals surface area contributed by atoms with Crippen LogP contribution in [0.2, 0.25) is 5.02 Å². The molecule has 0 heterocycles. The Morgan fingerprint density at radius 1 is 1.09 bits per heavy atom. The summed E-state index contributed by atoms with van der Waals surface area (Å²) in [6.07, 6.45) is -3.62. The van der Waals surface area contributed by atoms with Gasteiger partial charge in [-0.25, -0.2) is 0 Å². The summed E-state index contributed by atoms with van der Waals surface area (Å²) in [4.78, 5) is 12.5. The number of hydrogen-bond donors (Lipinski definition) is 1. The van der Waals surface area contributed by atoms with E-state index in [9.17, 15) is 31.6 Å². The molecule has 0 atom stereocenters. The van der Waals surface area contributed by atoms with Crippen molar-refractivity contribution in [1.29, 1.82) is 5.26 Å². The topological polar surface area (TPSA) is 96.3 Å². The van der Waals surface area contributed by atoms with Crippen LogP contribution in [0.5, 0.6) is 5.75 Å². The number of hydrogen-bond acceptors (Lipinski definition) is 5. The van der Waals surface area contributed by atoms with Gasteiger partial charge in [0, 0.05) is 5.56 Å². The molecule has 0 bridgehead atoms. The van der Waals surface area contributed by atoms with Crippen molar-refractivity contribution in [2.75, 3.05) is 5.32 Å². The van der Waals surface area contributed by atoms with Gasteiger partial charge in [-0.15, -0.1) is 0 Å². The van der Waals surface area contributed by atoms with Crippen molar-refractivity contribution in [2.24, 2.45) is 0 Å². The average molecular weight is 521 g/mol. The number of halogens is 4. The van der Waals surface area contributed by atoms with Crippen LogP contribution in [0.4, 0.5) is 18.9 Å². The van der Waals surface area contributed by atoms with Gasteiger partial charge in [-0.1, -0.05) is 47.5 Å². The molecule has 11 heteroatoms. The van der Waals surface area contributed by atoms with Crippen LogP contribution in [-0.2, 0) is 21.1 Å². The molecule has 0 aliphatic carbocycles. The van der Waals surface area contributed by atoms with E-state index in [-0.39, 0.29) is 26.9 Å². The normalized spacial score (nSPS) is 12.1. The molecule has 1 amide bonds. The van der Waals surface area contributed by atoms with Crippen molar-refractivity contribution in [2.45, 2.75) is 18.0 Å². The van der Waals surface area contributed by atoms with Gasteiger partial charge in [-0.2, -0.15) is 26.9 Å². The number of alkyl halides is 3. The van der Waals surface area contributed by atoms with E-state index in [1.165, 1.54) is 36.4 Å². The van der Waals surface area contributed by atoms with E-state index in [0.717, 1.165) is 23.8 Å². The first kappa shape index (κ1) is 25.8. The molecule has 35 heavy (non-hydrogen) atoms. The second kappa shape index (κ2) is 10.2. The van der Waals surface area contributed by atoms with Gasteiger partial charge >= 0.3 is 16.3 Å². The van der Waals surface area contributed by atoms with Crippen LogP contribution in [-0.4, -0.2) is 14.3 Å². The summed E-state index contributed by atoms with van der Waals surface area (Å²) in [5.41, 5.74) is -0.996. The molecule has 0 aliphatic rings. The fraction of sp³-hybridized carbons (Fsp3) is 0.0833. The second-order valence-electron chi connectivity index (χ2n) is 7.20. The molecule has 3 aromatic rings. The minimum Gasteiger partial charge on any atom is -0.378 e. The summed E-state index contributed by atoms with van der Waals surface area (Å²) in [6.45, 7) is 1.79. The summed E-state index contributed by atoms with van der Waals surface area (Å²) in [6, 6.07) is 15.7. The van der Waals surface area contributed by atoms with Gasteiger partial charge in [0.2, 0.25) is 0 Å². The Morgan fingerprint density at radius 2 is 1.74 bits per heavy atom. The van der Waals surface area contributed by atoms with Gasteiger partial charge in [-0.3, -0.25) is 4.79 Å². The first-order valence-corrected chi connectivity index (χ1v) is 11.6. The molecule has 1 N–H and O–H groups in total. The van der Waals surface area contributed by atoms with Crippen molar-refractivity contribution in [3.8, 4) is 11.8 Å². The highest BCUT2D eigenvalue weighted by Gasteiger charge is 2.31. The van der Waals surface area contributed by atoms with Gasteiger partial charge in [0.1, 0.15) is 22.3 Å². The number of amides is 1. The zero-order valence-corrected chi connectivity index (χ0v) is 19.5. The number of nitrogens with one attached hydrogen (secondary N) is 1. The van der Waals surface area contributed by atoms with Crippen molar-refractivity contribution in [3.05, 3.63) is 94.0 Å². The molecule has 0 spiro atoms. The largest absolute Gasteiger partial charge is 0.416 e. The van der Waals surface area contributed by atoms with Gasteiger partial charge in [0.05, 0.1) is 16.3 Å². The maximum Gasteiger partial charge on any atom is 0.416 e. The van der Waals surface area contributed by atoms with Crippen molar-refractivity contribution < 1.29 is 30.6 Å². The number of benzene rings is 3. The van der Waals surface area contributed by atoms with Gasteiger partial charge in [0.15, 0.2) is 0 Å². The lowest BCUT2D eigenvalue weighted by Gasteiger charge is -2.12. The minimum absolute atomic E-state index is 0.0741. The quantitative estimate of drug-likeness (QED) is 0.245. The molecular weight excluding hydrogens is 505 g/mol. The van der Waals surface area contributed by atoms with E-state index in [2.05, 4.69) is 5.32 Å². The number of nitriles is 1. The lowest BCUT2D eigenvalue weighted by Crippen LogP contribution is -2.15. The van der Waals surface area contributed by atoms with Crippen LogP contribution >= 0.6 is 11.6 Å². The van der Waals surface area contributed by atoms with Crippen LogP contribution in [0.1, 0.15) is 16.7 Å². The Morgan fingerprint density at radius 3 is 2.37 bits per heavy atom. The molecule has 0 saturated carbocycles. The van der Waals surface area contributed by atoms with E-state index in [1.807, 2.05) is 0 Å². The number of nitrogens with zero attached hydrogens (tertiary/aromatic N) is 1. The van der Waals surface area contributed by atoms with Gasteiger partial charge in [-0.05, 0) is 49.4 Å². The van der Waals surface area contributed by atoms with Crippen LogP contribution < -0.4 is 9.50 Å². The Kier molecular flexibility index (Phi) is 7.53. The number of anilines is 1. The summed E-state index contributed by atoms with van der Waals surface area (Å²) in [7, 11) is -4.22. The summed E-state index contributed by atoms with van der Waals surface area (Å²) in [5.74, 6) is -1.21. The first-order valence-electron chi connectivity index (χ1n) is 9.81. The molecular formula is C24H16ClF3N2O4S. The highest BCUT2D eigenvalue weighted by molar-refractivity contribution is 7.87. The lowest BCUT2D eigenvalue weighted by molar-refractivity contribution is -0.137. The van der Waals surface area contributed by atoms with E-state index in [4.69, 9.17) is 15.8 Å². The Hall–Kier alpha value is -3.81. The zero-order chi connectivity index (χ0) is 25.8. The fourth-order valence-electron chi connectivity index (χ4n) is 2.84. The number of carbonyl (C=O) groups is 1. The molecule has 0 aromatic heterocycles. The first-order chi connectivity index (χ1) is 16.4. The third-order valence-corrected chi connectivity index (χ3v) is 6.21. The van der Waals surface area contributed by atoms with Gasteiger partial charge < -0.3 is 9.50 Å². The maximum absolute atomic E-state index is 13.0. The molecule has 0 radical (unpaired) electrons. The lowest BCUT2D eigenvalue weighted by atomic mass is 10.1. The number of rotatable bonds is 6.